The predicted octanol–water partition coefficient (Wildman–Crippen LogP) is 3.12. The number of nitrogens with one attached hydrogen (secondary N) is 1. The molecule has 0 aromatic heterocycles. The number of nitrogens with zero attached hydrogens (tertiary/aromatic N) is 2. The number of carbonyl (C=O) groups excluding carboxylic acids is 3. The van der Waals surface area contributed by atoms with Crippen molar-refractivity contribution < 1.29 is 27.9 Å². The fourth-order valence-electron chi connectivity index (χ4n) is 4.11. The van der Waals surface area contributed by atoms with Crippen LogP contribution in [-0.4, -0.2) is 48.0 Å². The molecule has 0 saturated carbocycles. The van der Waals surface area contributed by atoms with E-state index in [2.05, 4.69) is 10.1 Å². The van der Waals surface area contributed by atoms with Crippen molar-refractivity contribution >= 4 is 23.5 Å². The van der Waals surface area contributed by atoms with Crippen LogP contribution in [-0.2, 0) is 22.4 Å². The smallest absolute Gasteiger partial charge is 0.387 e. The molecular weight excluding hydrogens is 420 g/mol. The highest BCUT2D eigenvalue weighted by Crippen LogP contribution is 2.29. The molecule has 0 radical (unpaired) electrons. The maximum Gasteiger partial charge on any atom is 0.387 e. The Kier molecular flexibility index (Phi) is 5.82. The second kappa shape index (κ2) is 8.57. The number of amides is 4. The highest BCUT2D eigenvalue weighted by atomic mass is 19.3. The summed E-state index contributed by atoms with van der Waals surface area (Å²) in [6, 6.07) is 13.1. The summed E-state index contributed by atoms with van der Waals surface area (Å²) in [5.74, 6) is -0.716. The van der Waals surface area contributed by atoms with Crippen molar-refractivity contribution in [3.63, 3.8) is 0 Å². The van der Waals surface area contributed by atoms with E-state index in [-0.39, 0.29) is 18.2 Å². The summed E-state index contributed by atoms with van der Waals surface area (Å²) in [5, 5.41) is 2.70. The fraction of sp³-hybridized carbons (Fsp3) is 0.348. The minimum atomic E-state index is -2.89. The predicted molar refractivity (Wildman–Crippen MR) is 113 cm³/mol. The van der Waals surface area contributed by atoms with Crippen LogP contribution < -0.4 is 15.0 Å². The molecule has 0 spiro atoms. The first-order valence-electron chi connectivity index (χ1n) is 10.3. The van der Waals surface area contributed by atoms with Crippen LogP contribution in [0.3, 0.4) is 0 Å². The van der Waals surface area contributed by atoms with Crippen LogP contribution in [0.2, 0.25) is 0 Å². The van der Waals surface area contributed by atoms with E-state index in [4.69, 9.17) is 0 Å². The topological polar surface area (TPSA) is 79.0 Å². The largest absolute Gasteiger partial charge is 0.435 e. The highest BCUT2D eigenvalue weighted by Gasteiger charge is 2.48. The molecule has 0 bridgehead atoms. The zero-order valence-corrected chi connectivity index (χ0v) is 17.5. The van der Waals surface area contributed by atoms with Gasteiger partial charge in [0.05, 0.1) is 0 Å². The number of anilines is 1. The molecule has 168 valence electrons. The molecule has 2 aromatic carbocycles. The quantitative estimate of drug-likeness (QED) is 0.667. The van der Waals surface area contributed by atoms with Gasteiger partial charge in [0.1, 0.15) is 17.8 Å². The van der Waals surface area contributed by atoms with Crippen LogP contribution >= 0.6 is 0 Å². The van der Waals surface area contributed by atoms with Gasteiger partial charge in [-0.3, -0.25) is 14.5 Å². The van der Waals surface area contributed by atoms with Gasteiger partial charge in [-0.15, -0.1) is 0 Å². The Labute approximate surface area is 183 Å². The third-order valence-electron chi connectivity index (χ3n) is 5.89. The van der Waals surface area contributed by atoms with Crippen LogP contribution in [0.4, 0.5) is 19.3 Å². The Morgan fingerprint density at radius 3 is 2.59 bits per heavy atom. The summed E-state index contributed by atoms with van der Waals surface area (Å²) in [7, 11) is 0. The maximum atomic E-state index is 13.0. The van der Waals surface area contributed by atoms with Crippen LogP contribution in [0.1, 0.15) is 24.5 Å². The third kappa shape index (κ3) is 4.28. The minimum Gasteiger partial charge on any atom is -0.435 e. The molecule has 2 aromatic rings. The standard InChI is InChI=1S/C23H23F2N3O4/c1-23(12-10-15-6-8-17(9-7-15)32-21(24)25)20(30)28(22(31)26-23)14-19(29)27-13-11-16-4-2-3-5-18(16)27/h2-9,21H,10-14H2,1H3,(H,26,31)/t23-/m0/s1. The molecule has 9 heteroatoms. The molecule has 1 saturated heterocycles. The Hall–Kier alpha value is -3.49. The van der Waals surface area contributed by atoms with E-state index in [1.54, 1.807) is 24.0 Å². The summed E-state index contributed by atoms with van der Waals surface area (Å²) < 4.78 is 28.9. The number of halogens is 2. The molecular formula is C23H23F2N3O4. The maximum absolute atomic E-state index is 13.0. The van der Waals surface area contributed by atoms with Crippen molar-refractivity contribution in [1.29, 1.82) is 0 Å². The van der Waals surface area contributed by atoms with E-state index >= 15 is 0 Å². The number of aryl methyl sites for hydroxylation is 1. The number of carbonyl (C=O) groups is 3. The van der Waals surface area contributed by atoms with Gasteiger partial charge >= 0.3 is 12.6 Å². The van der Waals surface area contributed by atoms with Gasteiger partial charge in [0.25, 0.3) is 5.91 Å². The second-order valence-corrected chi connectivity index (χ2v) is 8.10. The molecule has 1 atom stereocenters. The van der Waals surface area contributed by atoms with Gasteiger partial charge in [0.2, 0.25) is 5.91 Å². The second-order valence-electron chi connectivity index (χ2n) is 8.10. The lowest BCUT2D eigenvalue weighted by atomic mass is 9.93. The van der Waals surface area contributed by atoms with E-state index < -0.39 is 24.1 Å². The number of benzene rings is 2. The number of rotatable bonds is 7. The van der Waals surface area contributed by atoms with Crippen LogP contribution in [0.25, 0.3) is 0 Å². The van der Waals surface area contributed by atoms with Gasteiger partial charge in [-0.1, -0.05) is 30.3 Å². The number of para-hydroxylation sites is 1. The van der Waals surface area contributed by atoms with E-state index in [1.807, 2.05) is 24.3 Å². The van der Waals surface area contributed by atoms with Gasteiger partial charge < -0.3 is 15.0 Å². The average molecular weight is 443 g/mol. The van der Waals surface area contributed by atoms with Gasteiger partial charge in [0, 0.05) is 12.2 Å². The Bertz CT molecular complexity index is 1040. The number of fused-ring (bicyclic) bond motifs is 1. The van der Waals surface area contributed by atoms with Gasteiger partial charge in [-0.2, -0.15) is 8.78 Å². The summed E-state index contributed by atoms with van der Waals surface area (Å²) in [4.78, 5) is 40.9. The van der Waals surface area contributed by atoms with Gasteiger partial charge in [-0.05, 0) is 55.5 Å². The molecule has 2 heterocycles. The Morgan fingerprint density at radius 2 is 1.88 bits per heavy atom. The van der Waals surface area contributed by atoms with Gasteiger partial charge in [-0.25, -0.2) is 4.79 Å². The van der Waals surface area contributed by atoms with Crippen molar-refractivity contribution in [3.8, 4) is 5.75 Å². The van der Waals surface area contributed by atoms with Crippen molar-refractivity contribution in [2.75, 3.05) is 18.0 Å². The zero-order valence-electron chi connectivity index (χ0n) is 17.5. The number of urea groups is 1. The lowest BCUT2D eigenvalue weighted by molar-refractivity contribution is -0.134. The number of hydrogen-bond acceptors (Lipinski definition) is 4. The van der Waals surface area contributed by atoms with Crippen molar-refractivity contribution in [1.82, 2.24) is 10.2 Å². The molecule has 32 heavy (non-hydrogen) atoms. The molecule has 1 N–H and O–H groups in total. The highest BCUT2D eigenvalue weighted by molar-refractivity contribution is 6.10. The third-order valence-corrected chi connectivity index (χ3v) is 5.89. The van der Waals surface area contributed by atoms with E-state index in [1.165, 1.54) is 12.1 Å². The molecule has 4 rings (SSSR count). The molecule has 4 amide bonds. The lowest BCUT2D eigenvalue weighted by Crippen LogP contribution is -2.46. The van der Waals surface area contributed by atoms with Crippen molar-refractivity contribution in [2.45, 2.75) is 38.3 Å². The molecule has 2 aliphatic heterocycles. The number of alkyl halides is 2. The molecule has 0 unspecified atom stereocenters. The Balaban J connectivity index is 1.38. The monoisotopic (exact) mass is 443 g/mol. The van der Waals surface area contributed by atoms with E-state index in [0.29, 0.717) is 19.4 Å². The van der Waals surface area contributed by atoms with Crippen molar-refractivity contribution in [3.05, 3.63) is 59.7 Å². The molecule has 1 fully saturated rings. The Morgan fingerprint density at radius 1 is 1.16 bits per heavy atom. The molecule has 7 nitrogen and oxygen atoms in total. The van der Waals surface area contributed by atoms with Gasteiger partial charge in [0.15, 0.2) is 0 Å². The van der Waals surface area contributed by atoms with Crippen LogP contribution in [0.5, 0.6) is 5.75 Å². The number of imide groups is 1. The summed E-state index contributed by atoms with van der Waals surface area (Å²) in [6.07, 6.45) is 1.46. The summed E-state index contributed by atoms with van der Waals surface area (Å²) >= 11 is 0. The fourth-order valence-corrected chi connectivity index (χ4v) is 4.11. The first kappa shape index (κ1) is 21.7. The van der Waals surface area contributed by atoms with E-state index in [9.17, 15) is 23.2 Å². The van der Waals surface area contributed by atoms with Crippen LogP contribution in [0, 0.1) is 0 Å². The van der Waals surface area contributed by atoms with Crippen molar-refractivity contribution in [2.24, 2.45) is 0 Å². The number of ether oxygens (including phenoxy) is 1. The summed E-state index contributed by atoms with van der Waals surface area (Å²) in [5.41, 5.74) is 1.52. The molecule has 2 aliphatic rings. The number of hydrogen-bond donors (Lipinski definition) is 1. The minimum absolute atomic E-state index is 0.0494. The SMILES string of the molecule is C[C@@]1(CCc2ccc(OC(F)F)cc2)NC(=O)N(CC(=O)N2CCc3ccccc32)C1=O. The normalized spacial score (nSPS) is 20.0. The van der Waals surface area contributed by atoms with Crippen LogP contribution in [0.15, 0.2) is 48.5 Å². The van der Waals surface area contributed by atoms with E-state index in [0.717, 1.165) is 28.1 Å². The first-order chi connectivity index (χ1) is 15.3. The molecule has 0 aliphatic carbocycles. The lowest BCUT2D eigenvalue weighted by Gasteiger charge is -2.23. The average Bonchev–Trinajstić information content (AvgIpc) is 3.28. The summed E-state index contributed by atoms with van der Waals surface area (Å²) in [6.45, 7) is -1.08. The zero-order chi connectivity index (χ0) is 22.9. The first-order valence-corrected chi connectivity index (χ1v) is 10.3.